The molecule has 2 N–H and O–H groups in total. The smallest absolute Gasteiger partial charge is 0.156 e. The van der Waals surface area contributed by atoms with Gasteiger partial charge in [-0.2, -0.15) is 10.4 Å². The van der Waals surface area contributed by atoms with E-state index in [1.165, 1.54) is 12.5 Å². The first kappa shape index (κ1) is 20.6. The largest absolute Gasteiger partial charge is 0.346 e. The number of H-pyrrole nitrogens is 1. The van der Waals surface area contributed by atoms with Gasteiger partial charge in [-0.05, 0) is 6.07 Å². The van der Waals surface area contributed by atoms with Gasteiger partial charge in [0, 0.05) is 61.4 Å². The van der Waals surface area contributed by atoms with Crippen molar-refractivity contribution in [2.45, 2.75) is 31.3 Å². The van der Waals surface area contributed by atoms with E-state index in [9.17, 15) is 14.9 Å². The van der Waals surface area contributed by atoms with Gasteiger partial charge >= 0.3 is 0 Å². The SMILES string of the molecule is CCC(=O)C(C=O)N1C[C@H](CC#N)[C@](C=N)(n2cc(-c3ncnc4[nH]ccc34)cn2)C1. The topological polar surface area (TPSA) is 144 Å². The molecule has 0 aliphatic carbocycles. The maximum Gasteiger partial charge on any atom is 0.156 e. The molecule has 0 saturated carbocycles. The fraction of sp³-hybridized carbons (Fsp3) is 0.381. The Morgan fingerprint density at radius 2 is 2.35 bits per heavy atom. The third-order valence-electron chi connectivity index (χ3n) is 6.04. The van der Waals surface area contributed by atoms with Gasteiger partial charge < -0.3 is 15.2 Å². The molecule has 1 aliphatic heterocycles. The number of nitrogens with zero attached hydrogens (tertiary/aromatic N) is 6. The van der Waals surface area contributed by atoms with E-state index in [1.54, 1.807) is 35.1 Å². The molecular formula is C21H22N8O2. The van der Waals surface area contributed by atoms with E-state index in [4.69, 9.17) is 5.41 Å². The first-order valence-electron chi connectivity index (χ1n) is 10.0. The van der Waals surface area contributed by atoms with Crippen molar-refractivity contribution in [3.05, 3.63) is 31.0 Å². The van der Waals surface area contributed by atoms with Crippen molar-refractivity contribution in [2.75, 3.05) is 13.1 Å². The van der Waals surface area contributed by atoms with Crippen molar-refractivity contribution in [2.24, 2.45) is 5.92 Å². The van der Waals surface area contributed by atoms with Gasteiger partial charge in [0.05, 0.1) is 18.0 Å². The molecule has 10 heteroatoms. The molecule has 31 heavy (non-hydrogen) atoms. The highest BCUT2D eigenvalue weighted by Crippen LogP contribution is 2.37. The fourth-order valence-corrected chi connectivity index (χ4v) is 4.36. The zero-order valence-corrected chi connectivity index (χ0v) is 17.0. The number of hydrogen-bond acceptors (Lipinski definition) is 8. The normalized spacial score (nSPS) is 22.3. The summed E-state index contributed by atoms with van der Waals surface area (Å²) in [6.45, 7) is 2.31. The molecule has 0 amide bonds. The molecule has 0 radical (unpaired) electrons. The van der Waals surface area contributed by atoms with Gasteiger partial charge in [-0.3, -0.25) is 14.4 Å². The van der Waals surface area contributed by atoms with Crippen molar-refractivity contribution in [1.82, 2.24) is 29.6 Å². The van der Waals surface area contributed by atoms with Gasteiger partial charge in [0.1, 0.15) is 29.8 Å². The Bertz CT molecular complexity index is 1180. The number of nitrogens with one attached hydrogen (secondary N) is 2. The number of rotatable bonds is 8. The van der Waals surface area contributed by atoms with Crippen LogP contribution >= 0.6 is 0 Å². The second-order valence-electron chi connectivity index (χ2n) is 7.66. The Kier molecular flexibility index (Phi) is 5.44. The molecule has 3 aromatic heterocycles. The second-order valence-corrected chi connectivity index (χ2v) is 7.66. The quantitative estimate of drug-likeness (QED) is 0.321. The van der Waals surface area contributed by atoms with Gasteiger partial charge in [-0.25, -0.2) is 9.97 Å². The summed E-state index contributed by atoms with van der Waals surface area (Å²) >= 11 is 0. The average Bonchev–Trinajstić information content (AvgIpc) is 3.53. The van der Waals surface area contributed by atoms with Crippen LogP contribution in [-0.4, -0.2) is 67.0 Å². The third kappa shape index (κ3) is 3.33. The molecule has 0 bridgehead atoms. The van der Waals surface area contributed by atoms with E-state index in [-0.39, 0.29) is 31.1 Å². The van der Waals surface area contributed by atoms with Crippen molar-refractivity contribution < 1.29 is 9.59 Å². The van der Waals surface area contributed by atoms with Crippen LogP contribution in [0.3, 0.4) is 0 Å². The van der Waals surface area contributed by atoms with Crippen LogP contribution in [0.15, 0.2) is 31.0 Å². The number of ketones is 1. The number of carbonyl (C=O) groups excluding carboxylic acids is 2. The number of likely N-dealkylation sites (tertiary alicyclic amines) is 1. The fourth-order valence-electron chi connectivity index (χ4n) is 4.36. The molecule has 1 saturated heterocycles. The highest BCUT2D eigenvalue weighted by atomic mass is 16.1. The molecule has 1 fully saturated rings. The number of aldehydes is 1. The summed E-state index contributed by atoms with van der Waals surface area (Å²) in [6, 6.07) is 3.18. The maximum absolute atomic E-state index is 12.3. The van der Waals surface area contributed by atoms with E-state index < -0.39 is 11.6 Å². The minimum absolute atomic E-state index is 0.169. The highest BCUT2D eigenvalue weighted by molar-refractivity contribution is 5.97. The lowest BCUT2D eigenvalue weighted by Crippen LogP contribution is -2.46. The Morgan fingerprint density at radius 1 is 1.52 bits per heavy atom. The molecule has 1 unspecified atom stereocenters. The predicted octanol–water partition coefficient (Wildman–Crippen LogP) is 1.56. The maximum atomic E-state index is 12.3. The molecule has 4 heterocycles. The molecule has 158 valence electrons. The van der Waals surface area contributed by atoms with Gasteiger partial charge in [0.2, 0.25) is 0 Å². The lowest BCUT2D eigenvalue weighted by Gasteiger charge is -2.30. The summed E-state index contributed by atoms with van der Waals surface area (Å²) < 4.78 is 1.66. The molecule has 3 atom stereocenters. The van der Waals surface area contributed by atoms with Crippen LogP contribution < -0.4 is 0 Å². The summed E-state index contributed by atoms with van der Waals surface area (Å²) in [5.74, 6) is -0.476. The average molecular weight is 418 g/mol. The van der Waals surface area contributed by atoms with Crippen LogP contribution in [0.1, 0.15) is 19.8 Å². The van der Waals surface area contributed by atoms with Gasteiger partial charge in [0.15, 0.2) is 5.78 Å². The van der Waals surface area contributed by atoms with Crippen LogP contribution in [0.4, 0.5) is 0 Å². The molecule has 10 nitrogen and oxygen atoms in total. The first-order chi connectivity index (χ1) is 15.1. The summed E-state index contributed by atoms with van der Waals surface area (Å²) in [7, 11) is 0. The van der Waals surface area contributed by atoms with E-state index in [0.29, 0.717) is 24.2 Å². The van der Waals surface area contributed by atoms with Crippen LogP contribution in [0.25, 0.3) is 22.3 Å². The lowest BCUT2D eigenvalue weighted by atomic mass is 9.86. The summed E-state index contributed by atoms with van der Waals surface area (Å²) in [6.07, 6.45) is 9.05. The number of carbonyl (C=O) groups is 2. The number of nitriles is 1. The zero-order valence-electron chi connectivity index (χ0n) is 17.0. The van der Waals surface area contributed by atoms with Gasteiger partial charge in [0.25, 0.3) is 0 Å². The number of Topliss-reactive ketones (excluding diaryl/α,β-unsaturated/α-hetero) is 1. The van der Waals surface area contributed by atoms with Crippen LogP contribution in [0.5, 0.6) is 0 Å². The van der Waals surface area contributed by atoms with Crippen molar-refractivity contribution in [1.29, 1.82) is 10.7 Å². The molecule has 0 spiro atoms. The predicted molar refractivity (Wildman–Crippen MR) is 112 cm³/mol. The van der Waals surface area contributed by atoms with E-state index >= 15 is 0 Å². The molecule has 3 aromatic rings. The third-order valence-corrected chi connectivity index (χ3v) is 6.04. The molecule has 0 aromatic carbocycles. The van der Waals surface area contributed by atoms with Gasteiger partial charge in [-0.15, -0.1) is 0 Å². The zero-order chi connectivity index (χ0) is 22.0. The van der Waals surface area contributed by atoms with Gasteiger partial charge in [-0.1, -0.05) is 6.92 Å². The second kappa shape index (κ2) is 8.20. The minimum Gasteiger partial charge on any atom is -0.346 e. The van der Waals surface area contributed by atoms with Crippen LogP contribution in [0, 0.1) is 22.7 Å². The Morgan fingerprint density at radius 3 is 3.06 bits per heavy atom. The summed E-state index contributed by atoms with van der Waals surface area (Å²) in [4.78, 5) is 37.3. The Balaban J connectivity index is 1.74. The highest BCUT2D eigenvalue weighted by Gasteiger charge is 2.50. The van der Waals surface area contributed by atoms with Crippen molar-refractivity contribution in [3.8, 4) is 17.3 Å². The Hall–Kier alpha value is -3.71. The standard InChI is InChI=1S/C21H22N8O2/c1-2-18(31)17(10-30)28-9-15(3-5-22)21(11-23,12-28)29-8-14(7-27-29)19-16-4-6-24-20(16)26-13-25-19/h4,6-8,10-11,13,15,17,23H,2-3,9,12H2,1H3,(H,24,25,26)/t15-,17?,21+/m0/s1. The minimum atomic E-state index is -0.951. The number of hydrogen-bond donors (Lipinski definition) is 2. The molecular weight excluding hydrogens is 396 g/mol. The van der Waals surface area contributed by atoms with Crippen LogP contribution in [0.2, 0.25) is 0 Å². The van der Waals surface area contributed by atoms with E-state index in [2.05, 4.69) is 26.1 Å². The number of fused-ring (bicyclic) bond motifs is 1. The Labute approximate surface area is 178 Å². The molecule has 4 rings (SSSR count). The van der Waals surface area contributed by atoms with E-state index in [0.717, 1.165) is 10.9 Å². The van der Waals surface area contributed by atoms with Crippen molar-refractivity contribution in [3.63, 3.8) is 0 Å². The number of aromatic amines is 1. The van der Waals surface area contributed by atoms with E-state index in [1.807, 2.05) is 6.07 Å². The van der Waals surface area contributed by atoms with Crippen molar-refractivity contribution >= 4 is 29.3 Å². The molecule has 1 aliphatic rings. The lowest BCUT2D eigenvalue weighted by molar-refractivity contribution is -0.128. The number of aromatic nitrogens is 5. The summed E-state index contributed by atoms with van der Waals surface area (Å²) in [5.41, 5.74) is 1.21. The first-order valence-corrected chi connectivity index (χ1v) is 10.0. The monoisotopic (exact) mass is 418 g/mol. The van der Waals surface area contributed by atoms with Crippen LogP contribution in [-0.2, 0) is 15.1 Å². The summed E-state index contributed by atoms with van der Waals surface area (Å²) in [5, 5.41) is 23.0.